The summed E-state index contributed by atoms with van der Waals surface area (Å²) >= 11 is 5.92. The van der Waals surface area contributed by atoms with Crippen molar-refractivity contribution in [3.63, 3.8) is 0 Å². The van der Waals surface area contributed by atoms with E-state index in [4.69, 9.17) is 11.6 Å². The summed E-state index contributed by atoms with van der Waals surface area (Å²) in [6, 6.07) is 9.74. The van der Waals surface area contributed by atoms with Crippen LogP contribution in [0, 0.1) is 0 Å². The Kier molecular flexibility index (Phi) is 4.36. The van der Waals surface area contributed by atoms with Gasteiger partial charge in [-0.1, -0.05) is 41.9 Å². The first-order valence-electron chi connectivity index (χ1n) is 5.77. The monoisotopic (exact) mass is 265 g/mol. The predicted molar refractivity (Wildman–Crippen MR) is 71.3 cm³/mol. The van der Waals surface area contributed by atoms with Crippen molar-refractivity contribution < 1.29 is 5.11 Å². The normalized spacial score (nSPS) is 12.6. The average molecular weight is 266 g/mol. The van der Waals surface area contributed by atoms with Crippen molar-refractivity contribution in [2.24, 2.45) is 7.05 Å². The number of imidazole rings is 1. The van der Waals surface area contributed by atoms with Crippen molar-refractivity contribution in [3.05, 3.63) is 53.1 Å². The van der Waals surface area contributed by atoms with E-state index >= 15 is 0 Å². The quantitative estimate of drug-likeness (QED) is 0.868. The Hall–Kier alpha value is -1.36. The molecule has 0 aliphatic carbocycles. The average Bonchev–Trinajstić information content (AvgIpc) is 2.72. The molecule has 2 N–H and O–H groups in total. The Morgan fingerprint density at radius 2 is 2.11 bits per heavy atom. The Morgan fingerprint density at radius 1 is 1.39 bits per heavy atom. The predicted octanol–water partition coefficient (Wildman–Crippen LogP) is 1.90. The molecule has 1 atom stereocenters. The fraction of sp³-hybridized carbons (Fsp3) is 0.308. The molecule has 5 heteroatoms. The molecule has 96 valence electrons. The van der Waals surface area contributed by atoms with Gasteiger partial charge in [-0.3, -0.25) is 0 Å². The first-order valence-corrected chi connectivity index (χ1v) is 6.15. The summed E-state index contributed by atoms with van der Waals surface area (Å²) in [5.74, 6) is 0.842. The minimum atomic E-state index is -0.0957. The zero-order valence-corrected chi connectivity index (χ0v) is 10.9. The number of rotatable bonds is 5. The SMILES string of the molecule is Cn1c(Cl)cnc1CNC(CO)c1ccccc1. The van der Waals surface area contributed by atoms with Gasteiger partial charge in [-0.15, -0.1) is 0 Å². The van der Waals surface area contributed by atoms with Gasteiger partial charge in [0.2, 0.25) is 0 Å². The minimum Gasteiger partial charge on any atom is -0.394 e. The van der Waals surface area contributed by atoms with Gasteiger partial charge in [-0.05, 0) is 5.56 Å². The molecule has 0 saturated carbocycles. The van der Waals surface area contributed by atoms with Crippen LogP contribution in [0.2, 0.25) is 5.15 Å². The second kappa shape index (κ2) is 6.00. The highest BCUT2D eigenvalue weighted by Crippen LogP contribution is 2.13. The van der Waals surface area contributed by atoms with Gasteiger partial charge in [0.05, 0.1) is 25.4 Å². The van der Waals surface area contributed by atoms with Crippen LogP contribution >= 0.6 is 11.6 Å². The van der Waals surface area contributed by atoms with E-state index in [-0.39, 0.29) is 12.6 Å². The number of halogens is 1. The van der Waals surface area contributed by atoms with Crippen LogP contribution in [0.5, 0.6) is 0 Å². The number of aliphatic hydroxyl groups excluding tert-OH is 1. The summed E-state index contributed by atoms with van der Waals surface area (Å²) in [7, 11) is 1.86. The van der Waals surface area contributed by atoms with Crippen LogP contribution in [0.25, 0.3) is 0 Å². The first kappa shape index (κ1) is 13.1. The molecular formula is C13H16ClN3O. The maximum atomic E-state index is 9.42. The number of aromatic nitrogens is 2. The van der Waals surface area contributed by atoms with Crippen LogP contribution in [0.15, 0.2) is 36.5 Å². The molecule has 0 spiro atoms. The Labute approximate surface area is 111 Å². The molecule has 0 aliphatic heterocycles. The van der Waals surface area contributed by atoms with E-state index in [1.165, 1.54) is 0 Å². The molecule has 0 aliphatic rings. The van der Waals surface area contributed by atoms with Crippen molar-refractivity contribution in [2.75, 3.05) is 6.61 Å². The summed E-state index contributed by atoms with van der Waals surface area (Å²) in [4.78, 5) is 4.20. The standard InChI is InChI=1S/C13H16ClN3O/c1-17-12(14)7-16-13(17)8-15-11(9-18)10-5-3-2-4-6-10/h2-7,11,15,18H,8-9H2,1H3. The van der Waals surface area contributed by atoms with E-state index < -0.39 is 0 Å². The molecule has 1 aromatic carbocycles. The molecule has 0 radical (unpaired) electrons. The number of benzene rings is 1. The molecule has 2 rings (SSSR count). The topological polar surface area (TPSA) is 50.1 Å². The van der Waals surface area contributed by atoms with Gasteiger partial charge in [0.1, 0.15) is 11.0 Å². The Morgan fingerprint density at radius 3 is 2.67 bits per heavy atom. The number of nitrogens with one attached hydrogen (secondary N) is 1. The fourth-order valence-corrected chi connectivity index (χ4v) is 1.92. The molecule has 1 unspecified atom stereocenters. The maximum Gasteiger partial charge on any atom is 0.128 e. The first-order chi connectivity index (χ1) is 8.72. The molecular weight excluding hydrogens is 250 g/mol. The fourth-order valence-electron chi connectivity index (χ4n) is 1.78. The summed E-state index contributed by atoms with van der Waals surface area (Å²) in [5.41, 5.74) is 1.06. The lowest BCUT2D eigenvalue weighted by atomic mass is 10.1. The third kappa shape index (κ3) is 2.90. The number of hydrogen-bond acceptors (Lipinski definition) is 3. The summed E-state index contributed by atoms with van der Waals surface area (Å²) in [5, 5.41) is 13.3. The van der Waals surface area contributed by atoms with E-state index in [1.54, 1.807) is 6.20 Å². The molecule has 4 nitrogen and oxygen atoms in total. The number of aliphatic hydroxyl groups is 1. The molecule has 2 aromatic rings. The van der Waals surface area contributed by atoms with E-state index in [2.05, 4.69) is 10.3 Å². The van der Waals surface area contributed by atoms with Crippen LogP contribution in [-0.2, 0) is 13.6 Å². The van der Waals surface area contributed by atoms with Crippen molar-refractivity contribution in [3.8, 4) is 0 Å². The van der Waals surface area contributed by atoms with Gasteiger partial charge < -0.3 is 15.0 Å². The van der Waals surface area contributed by atoms with Crippen molar-refractivity contribution in [1.82, 2.24) is 14.9 Å². The van der Waals surface area contributed by atoms with E-state index in [0.717, 1.165) is 11.4 Å². The van der Waals surface area contributed by atoms with Crippen molar-refractivity contribution in [1.29, 1.82) is 0 Å². The highest BCUT2D eigenvalue weighted by molar-refractivity contribution is 6.29. The summed E-state index contributed by atoms with van der Waals surface area (Å²) in [6.07, 6.45) is 1.62. The molecule has 0 saturated heterocycles. The van der Waals surface area contributed by atoms with Gasteiger partial charge in [0.15, 0.2) is 0 Å². The van der Waals surface area contributed by atoms with Crippen molar-refractivity contribution >= 4 is 11.6 Å². The third-order valence-electron chi connectivity index (χ3n) is 2.92. The van der Waals surface area contributed by atoms with Gasteiger partial charge in [0, 0.05) is 7.05 Å². The highest BCUT2D eigenvalue weighted by atomic mass is 35.5. The van der Waals surface area contributed by atoms with Gasteiger partial charge in [-0.2, -0.15) is 0 Å². The third-order valence-corrected chi connectivity index (χ3v) is 3.27. The van der Waals surface area contributed by atoms with Crippen LogP contribution in [-0.4, -0.2) is 21.3 Å². The molecule has 0 amide bonds. The van der Waals surface area contributed by atoms with Crippen molar-refractivity contribution in [2.45, 2.75) is 12.6 Å². The largest absolute Gasteiger partial charge is 0.394 e. The second-order valence-electron chi connectivity index (χ2n) is 4.08. The highest BCUT2D eigenvalue weighted by Gasteiger charge is 2.11. The van der Waals surface area contributed by atoms with Gasteiger partial charge in [-0.25, -0.2) is 4.98 Å². The number of nitrogens with zero attached hydrogens (tertiary/aromatic N) is 2. The zero-order valence-electron chi connectivity index (χ0n) is 10.2. The Balaban J connectivity index is 2.02. The van der Waals surface area contributed by atoms with E-state index in [9.17, 15) is 5.11 Å². The van der Waals surface area contributed by atoms with E-state index in [1.807, 2.05) is 41.9 Å². The van der Waals surface area contributed by atoms with Gasteiger partial charge >= 0.3 is 0 Å². The van der Waals surface area contributed by atoms with Crippen LogP contribution in [0.3, 0.4) is 0 Å². The van der Waals surface area contributed by atoms with Crippen LogP contribution in [0.1, 0.15) is 17.4 Å². The lowest BCUT2D eigenvalue weighted by Crippen LogP contribution is -2.25. The van der Waals surface area contributed by atoms with E-state index in [0.29, 0.717) is 11.7 Å². The lowest BCUT2D eigenvalue weighted by molar-refractivity contribution is 0.242. The summed E-state index contributed by atoms with van der Waals surface area (Å²) in [6.45, 7) is 0.603. The maximum absolute atomic E-state index is 9.42. The zero-order chi connectivity index (χ0) is 13.0. The second-order valence-corrected chi connectivity index (χ2v) is 4.47. The molecule has 1 aromatic heterocycles. The van der Waals surface area contributed by atoms with Crippen LogP contribution < -0.4 is 5.32 Å². The minimum absolute atomic E-state index is 0.0438. The molecule has 0 bridgehead atoms. The number of hydrogen-bond donors (Lipinski definition) is 2. The molecule has 18 heavy (non-hydrogen) atoms. The molecule has 1 heterocycles. The molecule has 0 fully saturated rings. The van der Waals surface area contributed by atoms with Gasteiger partial charge in [0.25, 0.3) is 0 Å². The smallest absolute Gasteiger partial charge is 0.128 e. The van der Waals surface area contributed by atoms with Crippen LogP contribution in [0.4, 0.5) is 0 Å². The lowest BCUT2D eigenvalue weighted by Gasteiger charge is -2.16. The Bertz CT molecular complexity index is 498. The summed E-state index contributed by atoms with van der Waals surface area (Å²) < 4.78 is 1.81.